The Morgan fingerprint density at radius 1 is 0.300 bits per heavy atom. The SMILES string of the molecule is CC(=O)C=C(C)O.CC(=O)C=C(C)O.CC(=O)C=C(C)O.CC(C)(C)C(=O)C=C(O)C(C)(C)C.Cc1c[c-]c(-c2ccc3ccccc3n2)c(C)c1.[Ir].[Ir].[Ir].[Ir].[c-]1cc(-c2ccccc2)ccc1-c1ccc2ccccc2n1.[c-]1cc(-c2ccccc2)ccc1-c1ccc2ccccc2n1.[c-]1cc2ccccc2cc1-c1ccc2ccccc2n1. The topological polar surface area (TPSA) is 201 Å². The fraction of sp³-hybridized carbons (Fsp3) is 0.154. The molecule has 4 radical (unpaired) electrons. The van der Waals surface area contributed by atoms with Gasteiger partial charge in [-0.15, -0.1) is 124 Å². The Kier molecular flexibility index (Phi) is 42.1. The summed E-state index contributed by atoms with van der Waals surface area (Å²) in [6.07, 6.45) is 4.83. The number of hydrogen-bond acceptors (Lipinski definition) is 12. The summed E-state index contributed by atoms with van der Waals surface area (Å²) in [7, 11) is 0. The summed E-state index contributed by atoms with van der Waals surface area (Å²) in [6.45, 7) is 23.9. The van der Waals surface area contributed by atoms with Gasteiger partial charge in [0.1, 0.15) is 5.76 Å². The Bertz CT molecular complexity index is 5660. The molecule has 0 atom stereocenters. The van der Waals surface area contributed by atoms with E-state index in [1.165, 1.54) is 115 Å². The van der Waals surface area contributed by atoms with Crippen molar-refractivity contribution in [2.45, 2.75) is 96.9 Å². The first-order valence-electron chi connectivity index (χ1n) is 37.9. The van der Waals surface area contributed by atoms with Crippen molar-refractivity contribution in [1.82, 2.24) is 19.9 Å². The zero-order valence-electron chi connectivity index (χ0n) is 69.6. The Morgan fingerprint density at radius 2 is 0.617 bits per heavy atom. The van der Waals surface area contributed by atoms with Crippen LogP contribution in [0.2, 0.25) is 0 Å². The van der Waals surface area contributed by atoms with Gasteiger partial charge in [-0.3, -0.25) is 39.1 Å². The van der Waals surface area contributed by atoms with E-state index in [4.69, 9.17) is 35.3 Å². The van der Waals surface area contributed by atoms with Gasteiger partial charge in [0.2, 0.25) is 0 Å². The van der Waals surface area contributed by atoms with E-state index in [0.29, 0.717) is 0 Å². The minimum Gasteiger partial charge on any atom is -0.512 e. The van der Waals surface area contributed by atoms with Crippen LogP contribution in [0.25, 0.3) is 122 Å². The van der Waals surface area contributed by atoms with Crippen LogP contribution in [-0.4, -0.2) is 63.5 Å². The molecule has 12 nitrogen and oxygen atoms in total. The van der Waals surface area contributed by atoms with Crippen LogP contribution in [-0.2, 0) is 99.6 Å². The van der Waals surface area contributed by atoms with Gasteiger partial charge in [0.05, 0.1) is 39.3 Å². The number of benzene rings is 11. The molecular formula is C104H98Ir4N4O8-4. The van der Waals surface area contributed by atoms with E-state index in [1.54, 1.807) is 0 Å². The Labute approximate surface area is 759 Å². The van der Waals surface area contributed by atoms with Gasteiger partial charge < -0.3 is 20.4 Å². The van der Waals surface area contributed by atoms with Crippen LogP contribution in [0.3, 0.4) is 0 Å². The van der Waals surface area contributed by atoms with Crippen molar-refractivity contribution in [1.29, 1.82) is 0 Å². The van der Waals surface area contributed by atoms with Gasteiger partial charge in [0.25, 0.3) is 0 Å². The molecule has 0 amide bonds. The van der Waals surface area contributed by atoms with Crippen molar-refractivity contribution in [3.63, 3.8) is 0 Å². The third kappa shape index (κ3) is 33.2. The van der Waals surface area contributed by atoms with Crippen molar-refractivity contribution in [3.05, 3.63) is 374 Å². The number of ketones is 4. The van der Waals surface area contributed by atoms with E-state index < -0.39 is 5.41 Å². The summed E-state index contributed by atoms with van der Waals surface area (Å²) in [5.41, 5.74) is 18.6. The molecule has 0 saturated heterocycles. The molecule has 0 fully saturated rings. The van der Waals surface area contributed by atoms with E-state index in [1.807, 2.05) is 181 Å². The van der Waals surface area contributed by atoms with Crippen molar-refractivity contribution in [2.75, 3.05) is 0 Å². The van der Waals surface area contributed by atoms with Gasteiger partial charge in [-0.2, -0.15) is 0 Å². The molecule has 0 unspecified atom stereocenters. The number of aliphatic hydroxyl groups is 4. The number of pyridine rings is 4. The molecule has 4 N–H and O–H groups in total. The smallest absolute Gasteiger partial charge is 0.164 e. The molecule has 622 valence electrons. The molecule has 15 aromatic rings. The molecular weight excluding hydrogens is 2200 g/mol. The van der Waals surface area contributed by atoms with Gasteiger partial charge in [0.15, 0.2) is 23.1 Å². The summed E-state index contributed by atoms with van der Waals surface area (Å²) in [4.78, 5) is 60.4. The number of aromatic nitrogens is 4. The summed E-state index contributed by atoms with van der Waals surface area (Å²) < 4.78 is 0. The normalized spacial score (nSPS) is 10.9. The summed E-state index contributed by atoms with van der Waals surface area (Å²) >= 11 is 0. The van der Waals surface area contributed by atoms with E-state index in [2.05, 4.69) is 190 Å². The predicted octanol–water partition coefficient (Wildman–Crippen LogP) is 26.1. The first kappa shape index (κ1) is 101. The maximum atomic E-state index is 11.5. The fourth-order valence-electron chi connectivity index (χ4n) is 11.4. The summed E-state index contributed by atoms with van der Waals surface area (Å²) in [5.74, 6) is -0.0835. The number of aliphatic hydroxyl groups excluding tert-OH is 4. The second-order valence-corrected chi connectivity index (χ2v) is 29.6. The number of fused-ring (bicyclic) bond motifs is 5. The van der Waals surface area contributed by atoms with E-state index in [9.17, 15) is 24.3 Å². The molecule has 11 aromatic carbocycles. The van der Waals surface area contributed by atoms with Gasteiger partial charge >= 0.3 is 0 Å². The predicted molar refractivity (Wildman–Crippen MR) is 478 cm³/mol. The number of para-hydroxylation sites is 4. The average molecular weight is 2300 g/mol. The van der Waals surface area contributed by atoms with Crippen molar-refractivity contribution >= 4 is 77.5 Å². The largest absolute Gasteiger partial charge is 0.512 e. The van der Waals surface area contributed by atoms with Crippen LogP contribution >= 0.6 is 0 Å². The van der Waals surface area contributed by atoms with E-state index in [0.717, 1.165) is 83.3 Å². The molecule has 16 heteroatoms. The molecule has 0 aliphatic carbocycles. The molecule has 4 aromatic heterocycles. The van der Waals surface area contributed by atoms with Crippen LogP contribution in [0.5, 0.6) is 0 Å². The molecule has 0 aliphatic rings. The molecule has 15 rings (SSSR count). The van der Waals surface area contributed by atoms with Crippen molar-refractivity contribution in [2.24, 2.45) is 10.8 Å². The van der Waals surface area contributed by atoms with Crippen molar-refractivity contribution < 1.29 is 120 Å². The zero-order chi connectivity index (χ0) is 83.9. The minimum absolute atomic E-state index is 0. The number of nitrogens with zero attached hydrogens (tertiary/aromatic N) is 4. The molecule has 120 heavy (non-hydrogen) atoms. The molecule has 0 saturated carbocycles. The number of carbonyl (C=O) groups excluding carboxylic acids is 4. The van der Waals surface area contributed by atoms with Crippen molar-refractivity contribution in [3.8, 4) is 67.3 Å². The standard InChI is InChI=1S/2C21H14N.C19H12N.C17H14N.C11H20O2.3C5H8O2.4Ir/c2*1-2-6-16(7-3-1)17-10-12-19(13-11-17)21-15-14-18-8-4-5-9-20(18)22-21;1-2-7-16-13-17(10-9-14(16)5-1)19-12-11-15-6-3-4-8-18(15)20-19;1-12-7-9-15(13(2)11-12)17-10-8-14-5-3-4-6-16(14)18-17;1-10(2,3)8(12)7-9(13)11(4,5)6;3*1-4(6)3-5(2)7;;;;/h2*1-12,14-15H;1-9,11-13H;3-8,10-11H,1-2H3;7,12H,1-6H3;3*3,6H,1-2H3;;;;/q4*-1;;;;;;;;. The van der Waals surface area contributed by atoms with Gasteiger partial charge in [0, 0.05) is 116 Å². The Balaban J connectivity index is 0.000000297. The van der Waals surface area contributed by atoms with Gasteiger partial charge in [-0.25, -0.2) is 0 Å². The second kappa shape index (κ2) is 50.0. The Morgan fingerprint density at radius 3 is 0.933 bits per heavy atom. The van der Waals surface area contributed by atoms with Gasteiger partial charge in [-0.1, -0.05) is 289 Å². The van der Waals surface area contributed by atoms with Crippen LogP contribution in [0.4, 0.5) is 0 Å². The fourth-order valence-corrected chi connectivity index (χ4v) is 11.4. The third-order valence-corrected chi connectivity index (χ3v) is 17.3. The summed E-state index contributed by atoms with van der Waals surface area (Å²) in [6, 6.07) is 113. The first-order valence-corrected chi connectivity index (χ1v) is 37.9. The number of hydrogen-bond donors (Lipinski definition) is 4. The third-order valence-electron chi connectivity index (χ3n) is 17.3. The van der Waals surface area contributed by atoms with Crippen LogP contribution in [0.15, 0.2) is 339 Å². The average Bonchev–Trinajstić information content (AvgIpc) is 0.872. The molecule has 0 aliphatic heterocycles. The summed E-state index contributed by atoms with van der Waals surface area (Å²) in [5, 5.41) is 41.7. The van der Waals surface area contributed by atoms with E-state index in [-0.39, 0.29) is 132 Å². The number of allylic oxidation sites excluding steroid dienone is 8. The molecule has 0 spiro atoms. The first-order chi connectivity index (χ1) is 55.4. The maximum Gasteiger partial charge on any atom is 0.164 e. The monoisotopic (exact) mass is 2300 g/mol. The van der Waals surface area contributed by atoms with E-state index >= 15 is 0 Å². The quantitative estimate of drug-likeness (QED) is 0.0574. The van der Waals surface area contributed by atoms with Crippen LogP contribution in [0.1, 0.15) is 94.2 Å². The van der Waals surface area contributed by atoms with Crippen LogP contribution < -0.4 is 0 Å². The molecule has 4 heterocycles. The van der Waals surface area contributed by atoms with Gasteiger partial charge in [-0.05, 0) is 110 Å². The van der Waals surface area contributed by atoms with Crippen LogP contribution in [0, 0.1) is 48.9 Å². The number of carbonyl (C=O) groups is 4. The maximum absolute atomic E-state index is 11.5. The number of aryl methyl sites for hydroxylation is 2. The minimum atomic E-state index is -0.417. The Hall–Kier alpha value is -11.2. The zero-order valence-corrected chi connectivity index (χ0v) is 79.1. The molecule has 0 bridgehead atoms. The second-order valence-electron chi connectivity index (χ2n) is 29.6. The number of rotatable bonds is 10.